The third-order valence-electron chi connectivity index (χ3n) is 2.94. The van der Waals surface area contributed by atoms with Gasteiger partial charge in [-0.25, -0.2) is 0 Å². The Morgan fingerprint density at radius 3 is 2.62 bits per heavy atom. The molecule has 0 fully saturated rings. The molecule has 16 heavy (non-hydrogen) atoms. The first-order valence-electron chi connectivity index (χ1n) is 6.11. The zero-order valence-electron chi connectivity index (χ0n) is 10.3. The maximum absolute atomic E-state index is 4.79. The Bertz CT molecular complexity index is 486. The lowest BCUT2D eigenvalue weighted by molar-refractivity contribution is 0.862. The Kier molecular flexibility index (Phi) is 3.23. The average molecular weight is 213 g/mol. The summed E-state index contributed by atoms with van der Waals surface area (Å²) in [4.78, 5) is 4.79. The molecular weight excluding hydrogens is 194 g/mol. The molecule has 0 spiro atoms. The topological polar surface area (TPSA) is 12.9 Å². The molecule has 0 bridgehead atoms. The fourth-order valence-electron chi connectivity index (χ4n) is 2.07. The Morgan fingerprint density at radius 1 is 1.12 bits per heavy atom. The molecule has 84 valence electrons. The molecule has 1 nitrogen and oxygen atoms in total. The van der Waals surface area contributed by atoms with Gasteiger partial charge in [-0.05, 0) is 24.0 Å². The van der Waals surface area contributed by atoms with E-state index in [-0.39, 0.29) is 0 Å². The van der Waals surface area contributed by atoms with Crippen molar-refractivity contribution >= 4 is 10.9 Å². The molecule has 0 N–H and O–H groups in total. The highest BCUT2D eigenvalue weighted by atomic mass is 14.7. The first-order chi connectivity index (χ1) is 7.72. The van der Waals surface area contributed by atoms with E-state index < -0.39 is 0 Å². The normalized spacial score (nSPS) is 11.2. The van der Waals surface area contributed by atoms with Crippen molar-refractivity contribution in [3.8, 4) is 0 Å². The summed E-state index contributed by atoms with van der Waals surface area (Å²) >= 11 is 0. The van der Waals surface area contributed by atoms with Gasteiger partial charge in [0.25, 0.3) is 0 Å². The van der Waals surface area contributed by atoms with E-state index in [9.17, 15) is 0 Å². The summed E-state index contributed by atoms with van der Waals surface area (Å²) in [5.41, 5.74) is 3.75. The summed E-state index contributed by atoms with van der Waals surface area (Å²) in [7, 11) is 0. The predicted octanol–water partition coefficient (Wildman–Crippen LogP) is 4.31. The fourth-order valence-corrected chi connectivity index (χ4v) is 2.07. The number of fused-ring (bicyclic) bond motifs is 1. The molecule has 1 aromatic carbocycles. The highest BCUT2D eigenvalue weighted by Crippen LogP contribution is 2.24. The van der Waals surface area contributed by atoms with Gasteiger partial charge in [-0.1, -0.05) is 51.5 Å². The van der Waals surface area contributed by atoms with E-state index in [2.05, 4.69) is 51.1 Å². The minimum absolute atomic E-state index is 0.535. The first kappa shape index (κ1) is 11.1. The lowest BCUT2D eigenvalue weighted by atomic mass is 9.99. The lowest BCUT2D eigenvalue weighted by Crippen LogP contribution is -1.95. The number of aromatic nitrogens is 1. The first-order valence-corrected chi connectivity index (χ1v) is 6.11. The van der Waals surface area contributed by atoms with E-state index in [1.807, 2.05) is 0 Å². The molecular formula is C15H19N. The Labute approximate surface area is 97.5 Å². The number of pyridine rings is 1. The van der Waals surface area contributed by atoms with Crippen LogP contribution >= 0.6 is 0 Å². The number of hydrogen-bond acceptors (Lipinski definition) is 1. The minimum Gasteiger partial charge on any atom is -0.253 e. The molecule has 1 heterocycles. The quantitative estimate of drug-likeness (QED) is 0.740. The number of aryl methyl sites for hydroxylation is 1. The maximum atomic E-state index is 4.79. The van der Waals surface area contributed by atoms with Gasteiger partial charge in [-0.2, -0.15) is 0 Å². The van der Waals surface area contributed by atoms with Crippen LogP contribution in [0.5, 0.6) is 0 Å². The largest absolute Gasteiger partial charge is 0.253 e. The molecule has 0 aliphatic carbocycles. The smallest absolute Gasteiger partial charge is 0.0739 e. The van der Waals surface area contributed by atoms with E-state index in [1.54, 1.807) is 0 Å². The van der Waals surface area contributed by atoms with Gasteiger partial charge in [0.1, 0.15) is 0 Å². The highest BCUT2D eigenvalue weighted by Gasteiger charge is 2.06. The van der Waals surface area contributed by atoms with Gasteiger partial charge in [0.05, 0.1) is 5.52 Å². The molecule has 2 rings (SSSR count). The monoisotopic (exact) mass is 213 g/mol. The summed E-state index contributed by atoms with van der Waals surface area (Å²) in [5.74, 6) is 0.535. The van der Waals surface area contributed by atoms with Gasteiger partial charge in [0, 0.05) is 11.1 Å². The van der Waals surface area contributed by atoms with Crippen LogP contribution < -0.4 is 0 Å². The molecule has 0 amide bonds. The van der Waals surface area contributed by atoms with Crippen LogP contribution in [-0.4, -0.2) is 4.98 Å². The second-order valence-electron chi connectivity index (χ2n) is 4.63. The van der Waals surface area contributed by atoms with Gasteiger partial charge in [0.2, 0.25) is 0 Å². The minimum atomic E-state index is 0.535. The SMILES string of the molecule is CCCc1ccc2cccc(C(C)C)c2n1. The van der Waals surface area contributed by atoms with Gasteiger partial charge in [0.15, 0.2) is 0 Å². The van der Waals surface area contributed by atoms with E-state index >= 15 is 0 Å². The second kappa shape index (κ2) is 4.65. The Hall–Kier alpha value is -1.37. The second-order valence-corrected chi connectivity index (χ2v) is 4.63. The Balaban J connectivity index is 2.59. The predicted molar refractivity (Wildman–Crippen MR) is 69.8 cm³/mol. The van der Waals surface area contributed by atoms with E-state index in [0.29, 0.717) is 5.92 Å². The van der Waals surface area contributed by atoms with Crippen LogP contribution in [0.15, 0.2) is 30.3 Å². The molecule has 0 aliphatic rings. The molecule has 0 unspecified atom stereocenters. The van der Waals surface area contributed by atoms with Crippen LogP contribution in [0.25, 0.3) is 10.9 Å². The van der Waals surface area contributed by atoms with Crippen molar-refractivity contribution in [1.29, 1.82) is 0 Å². The molecule has 1 aromatic heterocycles. The zero-order valence-corrected chi connectivity index (χ0v) is 10.3. The summed E-state index contributed by atoms with van der Waals surface area (Å²) in [6, 6.07) is 10.8. The molecule has 0 saturated heterocycles. The number of nitrogens with zero attached hydrogens (tertiary/aromatic N) is 1. The van der Waals surface area contributed by atoms with Crippen LogP contribution in [0, 0.1) is 0 Å². The van der Waals surface area contributed by atoms with E-state index in [1.165, 1.54) is 22.2 Å². The average Bonchev–Trinajstić information content (AvgIpc) is 2.28. The summed E-state index contributed by atoms with van der Waals surface area (Å²) < 4.78 is 0. The molecule has 0 radical (unpaired) electrons. The van der Waals surface area contributed by atoms with E-state index in [0.717, 1.165) is 12.8 Å². The van der Waals surface area contributed by atoms with Gasteiger partial charge in [-0.3, -0.25) is 4.98 Å². The van der Waals surface area contributed by atoms with Crippen molar-refractivity contribution < 1.29 is 0 Å². The van der Waals surface area contributed by atoms with E-state index in [4.69, 9.17) is 4.98 Å². The van der Waals surface area contributed by atoms with Crippen molar-refractivity contribution in [2.75, 3.05) is 0 Å². The van der Waals surface area contributed by atoms with Gasteiger partial charge < -0.3 is 0 Å². The highest BCUT2D eigenvalue weighted by molar-refractivity contribution is 5.82. The van der Waals surface area contributed by atoms with Gasteiger partial charge >= 0.3 is 0 Å². The molecule has 0 atom stereocenters. The van der Waals surface area contributed by atoms with Crippen molar-refractivity contribution in [1.82, 2.24) is 4.98 Å². The fraction of sp³-hybridized carbons (Fsp3) is 0.400. The number of para-hydroxylation sites is 1. The van der Waals surface area contributed by atoms with Crippen LogP contribution in [0.2, 0.25) is 0 Å². The maximum Gasteiger partial charge on any atom is 0.0739 e. The third-order valence-corrected chi connectivity index (χ3v) is 2.94. The molecule has 1 heteroatoms. The van der Waals surface area contributed by atoms with Crippen molar-refractivity contribution in [3.63, 3.8) is 0 Å². The summed E-state index contributed by atoms with van der Waals surface area (Å²) in [6.45, 7) is 6.64. The van der Waals surface area contributed by atoms with Crippen LogP contribution in [0.3, 0.4) is 0 Å². The molecule has 2 aromatic rings. The molecule has 0 saturated carbocycles. The number of rotatable bonds is 3. The van der Waals surface area contributed by atoms with Crippen molar-refractivity contribution in [2.45, 2.75) is 39.5 Å². The van der Waals surface area contributed by atoms with Crippen molar-refractivity contribution in [3.05, 3.63) is 41.6 Å². The number of benzene rings is 1. The van der Waals surface area contributed by atoms with Crippen LogP contribution in [-0.2, 0) is 6.42 Å². The number of hydrogen-bond donors (Lipinski definition) is 0. The lowest BCUT2D eigenvalue weighted by Gasteiger charge is -2.10. The van der Waals surface area contributed by atoms with Crippen LogP contribution in [0.1, 0.15) is 44.4 Å². The third kappa shape index (κ3) is 2.08. The van der Waals surface area contributed by atoms with Crippen LogP contribution in [0.4, 0.5) is 0 Å². The standard InChI is InChI=1S/C15H19N/c1-4-6-13-10-9-12-7-5-8-14(11(2)3)15(12)16-13/h5,7-11H,4,6H2,1-3H3. The summed E-state index contributed by atoms with van der Waals surface area (Å²) in [5, 5.41) is 1.26. The Morgan fingerprint density at radius 2 is 1.94 bits per heavy atom. The van der Waals surface area contributed by atoms with Gasteiger partial charge in [-0.15, -0.1) is 0 Å². The summed E-state index contributed by atoms with van der Waals surface area (Å²) in [6.07, 6.45) is 2.23. The van der Waals surface area contributed by atoms with Crippen molar-refractivity contribution in [2.24, 2.45) is 0 Å². The zero-order chi connectivity index (χ0) is 11.5. The molecule has 0 aliphatic heterocycles.